The standard InChI is InChI=1S/C13H14N7O6P.Na.H/c14-13-17-10-7(11(23)20(13)18-2-1-15-4-18)16-5-19(10)12-9(22)8(21)6(26-12)3-25-27-24;;/h1-2,4-6,8-9,12,21-22H,3H2,(H2,14,17);;/t6-,8-,9-,12-;;/m1../s1. The Bertz CT molecular complexity index is 1040. The van der Waals surface area contributed by atoms with Crippen LogP contribution in [0.25, 0.3) is 11.2 Å². The van der Waals surface area contributed by atoms with Gasteiger partial charge in [-0.1, -0.05) is 0 Å². The predicted molar refractivity (Wildman–Crippen MR) is 95.9 cm³/mol. The molecule has 15 heteroatoms. The first-order valence-electron chi connectivity index (χ1n) is 7.73. The minimum absolute atomic E-state index is 0. The van der Waals surface area contributed by atoms with Gasteiger partial charge in [-0.25, -0.2) is 19.2 Å². The molecule has 0 amide bonds. The summed E-state index contributed by atoms with van der Waals surface area (Å²) in [6.07, 6.45) is 0.973. The van der Waals surface area contributed by atoms with Gasteiger partial charge in [0.1, 0.15) is 24.6 Å². The molecule has 4 rings (SSSR count). The van der Waals surface area contributed by atoms with Crippen LogP contribution in [0.5, 0.6) is 0 Å². The molecule has 4 heterocycles. The molecule has 0 unspecified atom stereocenters. The van der Waals surface area contributed by atoms with E-state index < -0.39 is 38.8 Å². The van der Waals surface area contributed by atoms with Crippen LogP contribution in [0.2, 0.25) is 0 Å². The summed E-state index contributed by atoms with van der Waals surface area (Å²) in [5.41, 5.74) is 5.43. The molecule has 1 saturated heterocycles. The topological polar surface area (TPSA) is 173 Å². The number of anilines is 1. The summed E-state index contributed by atoms with van der Waals surface area (Å²) in [6.45, 7) is -0.199. The summed E-state index contributed by atoms with van der Waals surface area (Å²) in [7, 11) is -0.574. The number of hydrogen-bond donors (Lipinski definition) is 3. The Morgan fingerprint density at radius 2 is 2.11 bits per heavy atom. The molecule has 3 aromatic heterocycles. The molecular formula is C13H15N7NaO6P. The van der Waals surface area contributed by atoms with Crippen molar-refractivity contribution < 1.29 is 24.0 Å². The van der Waals surface area contributed by atoms with Gasteiger partial charge < -0.3 is 20.7 Å². The molecule has 0 bridgehead atoms. The van der Waals surface area contributed by atoms with Gasteiger partial charge in [-0.15, -0.1) is 0 Å². The van der Waals surface area contributed by atoms with E-state index in [4.69, 9.17) is 10.5 Å². The molecule has 0 aliphatic carbocycles. The Kier molecular flexibility index (Phi) is 6.27. The molecule has 0 radical (unpaired) electrons. The molecule has 3 aromatic rings. The van der Waals surface area contributed by atoms with Crippen LogP contribution in [0.1, 0.15) is 6.23 Å². The SMILES string of the molecule is Nc1nc2c(ncn2[C@@H]2O[C@H](COP=O)[C@@H](O)[C@H]2O)c(=O)n1-n1ccnc1.[NaH]. The van der Waals surface area contributed by atoms with E-state index in [0.29, 0.717) is 0 Å². The number of nitrogens with two attached hydrogens (primary N) is 1. The van der Waals surface area contributed by atoms with Crippen molar-refractivity contribution in [2.24, 2.45) is 0 Å². The normalized spacial score (nSPS) is 24.6. The molecule has 144 valence electrons. The molecular weight excluding hydrogens is 404 g/mol. The first-order chi connectivity index (χ1) is 13.0. The molecule has 0 saturated carbocycles. The van der Waals surface area contributed by atoms with Crippen molar-refractivity contribution in [3.63, 3.8) is 0 Å². The number of nitrogen functional groups attached to an aromatic ring is 1. The summed E-state index contributed by atoms with van der Waals surface area (Å²) in [5, 5.41) is 20.4. The molecule has 4 atom stereocenters. The van der Waals surface area contributed by atoms with Gasteiger partial charge >= 0.3 is 43.8 Å². The summed E-state index contributed by atoms with van der Waals surface area (Å²) >= 11 is 0. The fourth-order valence-corrected chi connectivity index (χ4v) is 3.16. The Labute approximate surface area is 180 Å². The number of rotatable bonds is 5. The van der Waals surface area contributed by atoms with E-state index in [9.17, 15) is 19.6 Å². The zero-order chi connectivity index (χ0) is 19.1. The molecule has 4 N–H and O–H groups in total. The number of aromatic nitrogens is 6. The number of aliphatic hydroxyl groups is 2. The van der Waals surface area contributed by atoms with Crippen LogP contribution in [0, 0.1) is 0 Å². The average molecular weight is 419 g/mol. The van der Waals surface area contributed by atoms with Crippen LogP contribution in [0.4, 0.5) is 5.95 Å². The van der Waals surface area contributed by atoms with E-state index in [1.807, 2.05) is 0 Å². The minimum atomic E-state index is -1.35. The van der Waals surface area contributed by atoms with E-state index in [1.165, 1.54) is 34.3 Å². The predicted octanol–water partition coefficient (Wildman–Crippen LogP) is -2.12. The monoisotopic (exact) mass is 419 g/mol. The number of nitrogens with zero attached hydrogens (tertiary/aromatic N) is 6. The van der Waals surface area contributed by atoms with E-state index in [0.717, 1.165) is 4.68 Å². The third-order valence-electron chi connectivity index (χ3n) is 4.22. The number of hydrogen-bond acceptors (Lipinski definition) is 10. The zero-order valence-electron chi connectivity index (χ0n) is 13.6. The first-order valence-corrected chi connectivity index (χ1v) is 8.46. The molecule has 1 aliphatic heterocycles. The van der Waals surface area contributed by atoms with Crippen molar-refractivity contribution in [2.45, 2.75) is 24.5 Å². The van der Waals surface area contributed by atoms with E-state index in [1.54, 1.807) is 0 Å². The van der Waals surface area contributed by atoms with Crippen molar-refractivity contribution in [1.29, 1.82) is 0 Å². The maximum atomic E-state index is 12.7. The van der Waals surface area contributed by atoms with Gasteiger partial charge in [0.15, 0.2) is 17.4 Å². The molecule has 1 fully saturated rings. The van der Waals surface area contributed by atoms with E-state index in [2.05, 4.69) is 19.5 Å². The van der Waals surface area contributed by atoms with Crippen molar-refractivity contribution in [1.82, 2.24) is 28.9 Å². The number of aliphatic hydroxyl groups excluding tert-OH is 2. The second-order valence-electron chi connectivity index (χ2n) is 5.77. The van der Waals surface area contributed by atoms with Crippen molar-refractivity contribution >= 4 is 55.4 Å². The van der Waals surface area contributed by atoms with Crippen molar-refractivity contribution in [3.05, 3.63) is 35.4 Å². The Morgan fingerprint density at radius 3 is 2.79 bits per heavy atom. The maximum absolute atomic E-state index is 12.7. The number of fused-ring (bicyclic) bond motifs is 1. The zero-order valence-corrected chi connectivity index (χ0v) is 14.5. The molecule has 1 aliphatic rings. The van der Waals surface area contributed by atoms with Crippen LogP contribution in [0.15, 0.2) is 29.8 Å². The van der Waals surface area contributed by atoms with Crippen LogP contribution < -0.4 is 11.3 Å². The molecule has 0 spiro atoms. The Hall–Kier alpha value is -1.70. The van der Waals surface area contributed by atoms with Crippen LogP contribution in [0.3, 0.4) is 0 Å². The summed E-state index contributed by atoms with van der Waals surface area (Å²) in [5.74, 6) is -0.134. The van der Waals surface area contributed by atoms with Gasteiger partial charge in [-0.2, -0.15) is 9.66 Å². The Balaban J connectivity index is 0.00000225. The Morgan fingerprint density at radius 1 is 1.32 bits per heavy atom. The van der Waals surface area contributed by atoms with E-state index in [-0.39, 0.29) is 53.3 Å². The van der Waals surface area contributed by atoms with Crippen molar-refractivity contribution in [3.8, 4) is 0 Å². The number of ether oxygens (including phenoxy) is 1. The quantitative estimate of drug-likeness (QED) is 0.306. The van der Waals surface area contributed by atoms with Crippen LogP contribution >= 0.6 is 8.69 Å². The third-order valence-corrected chi connectivity index (χ3v) is 4.48. The summed E-state index contributed by atoms with van der Waals surface area (Å²) in [6, 6.07) is 0. The summed E-state index contributed by atoms with van der Waals surface area (Å²) < 4.78 is 24.4. The van der Waals surface area contributed by atoms with Crippen molar-refractivity contribution in [2.75, 3.05) is 12.3 Å². The molecule has 13 nitrogen and oxygen atoms in total. The summed E-state index contributed by atoms with van der Waals surface area (Å²) in [4.78, 5) is 24.8. The fourth-order valence-electron chi connectivity index (χ4n) is 2.96. The second kappa shape index (κ2) is 8.35. The van der Waals surface area contributed by atoms with Crippen LogP contribution in [-0.4, -0.2) is 93.6 Å². The van der Waals surface area contributed by atoms with E-state index >= 15 is 0 Å². The van der Waals surface area contributed by atoms with Crippen LogP contribution in [-0.2, 0) is 13.8 Å². The van der Waals surface area contributed by atoms with Gasteiger partial charge in [0.05, 0.1) is 12.9 Å². The average Bonchev–Trinajstić information content (AvgIpc) is 3.36. The number of imidazole rings is 2. The second-order valence-corrected chi connectivity index (χ2v) is 6.18. The molecule has 28 heavy (non-hydrogen) atoms. The van der Waals surface area contributed by atoms with Gasteiger partial charge in [0, 0.05) is 12.4 Å². The molecule has 0 aromatic carbocycles. The van der Waals surface area contributed by atoms with Gasteiger partial charge in [-0.3, -0.25) is 13.9 Å². The first kappa shape index (κ1) is 21.0. The van der Waals surface area contributed by atoms with Gasteiger partial charge in [-0.05, 0) is 0 Å². The van der Waals surface area contributed by atoms with Gasteiger partial charge in [0.2, 0.25) is 5.95 Å². The third kappa shape index (κ3) is 3.40. The fraction of sp³-hybridized carbons (Fsp3) is 0.385. The van der Waals surface area contributed by atoms with Gasteiger partial charge in [0.25, 0.3) is 0 Å².